The van der Waals surface area contributed by atoms with Crippen LogP contribution in [0.3, 0.4) is 0 Å². The molecule has 1 rings (SSSR count). The normalized spacial score (nSPS) is 13.5. The van der Waals surface area contributed by atoms with Gasteiger partial charge in [0, 0.05) is 41.1 Å². The van der Waals surface area contributed by atoms with Crippen LogP contribution >= 0.6 is 0 Å². The van der Waals surface area contributed by atoms with Gasteiger partial charge in [0.15, 0.2) is 0 Å². The zero-order chi connectivity index (χ0) is 15.7. The Balaban J connectivity index is 2.51. The van der Waals surface area contributed by atoms with E-state index in [1.54, 1.807) is 6.26 Å². The molecule has 2 unspecified atom stereocenters. The molecule has 0 aliphatic heterocycles. The first-order valence-corrected chi connectivity index (χ1v) is 8.94. The standard InChI is InChI=1S/C15H25N3O2S/c1-4-8-16-12(2)13-6-5-7-14(11-13)18-15(19)17-9-10-21(3)20/h5-7,11-12,16H,4,8-10H2,1-3H3,(H2,17,18,19). The van der Waals surface area contributed by atoms with Crippen LogP contribution in [-0.4, -0.2) is 35.3 Å². The van der Waals surface area contributed by atoms with Crippen molar-refractivity contribution in [2.45, 2.75) is 26.3 Å². The van der Waals surface area contributed by atoms with Gasteiger partial charge >= 0.3 is 6.03 Å². The molecule has 5 nitrogen and oxygen atoms in total. The first-order valence-electron chi connectivity index (χ1n) is 7.21. The first kappa shape index (κ1) is 17.7. The topological polar surface area (TPSA) is 70.2 Å². The molecule has 0 fully saturated rings. The number of carbonyl (C=O) groups is 1. The summed E-state index contributed by atoms with van der Waals surface area (Å²) in [5.74, 6) is 0.464. The van der Waals surface area contributed by atoms with Gasteiger partial charge in [-0.2, -0.15) is 0 Å². The van der Waals surface area contributed by atoms with Gasteiger partial charge in [-0.05, 0) is 37.6 Å². The average molecular weight is 311 g/mol. The van der Waals surface area contributed by atoms with E-state index < -0.39 is 10.8 Å². The van der Waals surface area contributed by atoms with Crippen molar-refractivity contribution in [3.8, 4) is 0 Å². The Bertz CT molecular complexity index is 480. The van der Waals surface area contributed by atoms with E-state index >= 15 is 0 Å². The number of benzene rings is 1. The molecule has 0 radical (unpaired) electrons. The van der Waals surface area contributed by atoms with Crippen LogP contribution in [0.1, 0.15) is 31.9 Å². The fraction of sp³-hybridized carbons (Fsp3) is 0.533. The maximum absolute atomic E-state index is 11.7. The smallest absolute Gasteiger partial charge is 0.319 e. The summed E-state index contributed by atoms with van der Waals surface area (Å²) >= 11 is 0. The lowest BCUT2D eigenvalue weighted by atomic mass is 10.1. The maximum Gasteiger partial charge on any atom is 0.319 e. The molecule has 0 heterocycles. The Labute approximate surface area is 129 Å². The molecule has 0 aliphatic carbocycles. The van der Waals surface area contributed by atoms with Gasteiger partial charge in [0.2, 0.25) is 0 Å². The van der Waals surface area contributed by atoms with Crippen LogP contribution in [0.2, 0.25) is 0 Å². The molecule has 3 N–H and O–H groups in total. The van der Waals surface area contributed by atoms with Crippen molar-refractivity contribution < 1.29 is 9.00 Å². The van der Waals surface area contributed by atoms with Crippen molar-refractivity contribution in [2.24, 2.45) is 0 Å². The Morgan fingerprint density at radius 2 is 2.10 bits per heavy atom. The highest BCUT2D eigenvalue weighted by Gasteiger charge is 2.06. The number of anilines is 1. The summed E-state index contributed by atoms with van der Waals surface area (Å²) in [6.07, 6.45) is 2.71. The highest BCUT2D eigenvalue weighted by atomic mass is 32.2. The van der Waals surface area contributed by atoms with Gasteiger partial charge in [0.1, 0.15) is 0 Å². The molecule has 1 aromatic rings. The molecule has 118 valence electrons. The van der Waals surface area contributed by atoms with E-state index in [4.69, 9.17) is 0 Å². The second-order valence-corrected chi connectivity index (χ2v) is 6.51. The molecule has 6 heteroatoms. The van der Waals surface area contributed by atoms with Crippen LogP contribution in [0.25, 0.3) is 0 Å². The molecular weight excluding hydrogens is 286 g/mol. The summed E-state index contributed by atoms with van der Waals surface area (Å²) in [5, 5.41) is 8.89. The first-order chi connectivity index (χ1) is 10.0. The lowest BCUT2D eigenvalue weighted by molar-refractivity contribution is 0.252. The number of nitrogens with one attached hydrogen (secondary N) is 3. The number of hydrogen-bond acceptors (Lipinski definition) is 3. The van der Waals surface area contributed by atoms with Crippen molar-refractivity contribution in [1.29, 1.82) is 0 Å². The van der Waals surface area contributed by atoms with Crippen molar-refractivity contribution in [3.63, 3.8) is 0 Å². The zero-order valence-electron chi connectivity index (χ0n) is 12.9. The minimum absolute atomic E-state index is 0.247. The molecule has 0 bridgehead atoms. The third-order valence-corrected chi connectivity index (χ3v) is 3.80. The summed E-state index contributed by atoms with van der Waals surface area (Å²) in [4.78, 5) is 11.7. The van der Waals surface area contributed by atoms with E-state index in [1.165, 1.54) is 0 Å². The van der Waals surface area contributed by atoms with Gasteiger partial charge in [-0.15, -0.1) is 0 Å². The van der Waals surface area contributed by atoms with Crippen molar-refractivity contribution in [3.05, 3.63) is 29.8 Å². The Morgan fingerprint density at radius 1 is 1.33 bits per heavy atom. The number of amides is 2. The van der Waals surface area contributed by atoms with Gasteiger partial charge in [-0.25, -0.2) is 4.79 Å². The van der Waals surface area contributed by atoms with Crippen molar-refractivity contribution >= 4 is 22.5 Å². The molecule has 21 heavy (non-hydrogen) atoms. The molecule has 0 saturated heterocycles. The van der Waals surface area contributed by atoms with Gasteiger partial charge in [-0.3, -0.25) is 4.21 Å². The second-order valence-electron chi connectivity index (χ2n) is 4.96. The van der Waals surface area contributed by atoms with E-state index in [0.29, 0.717) is 12.3 Å². The second kappa shape index (κ2) is 9.52. The quantitative estimate of drug-likeness (QED) is 0.689. The van der Waals surface area contributed by atoms with E-state index in [0.717, 1.165) is 24.2 Å². The third-order valence-electron chi connectivity index (χ3n) is 3.02. The van der Waals surface area contributed by atoms with Crippen LogP contribution < -0.4 is 16.0 Å². The van der Waals surface area contributed by atoms with Crippen LogP contribution in [0.4, 0.5) is 10.5 Å². The molecule has 2 atom stereocenters. The van der Waals surface area contributed by atoms with E-state index in [9.17, 15) is 9.00 Å². The third kappa shape index (κ3) is 7.24. The van der Waals surface area contributed by atoms with E-state index in [1.807, 2.05) is 24.3 Å². The van der Waals surface area contributed by atoms with Crippen LogP contribution in [-0.2, 0) is 10.8 Å². The SMILES string of the molecule is CCCNC(C)c1cccc(NC(=O)NCCS(C)=O)c1. The average Bonchev–Trinajstić information content (AvgIpc) is 2.44. The number of rotatable bonds is 8. The van der Waals surface area contributed by atoms with Gasteiger partial charge in [0.25, 0.3) is 0 Å². The van der Waals surface area contributed by atoms with Crippen LogP contribution in [0.5, 0.6) is 0 Å². The van der Waals surface area contributed by atoms with E-state index in [2.05, 4.69) is 29.8 Å². The Kier molecular flexibility index (Phi) is 8.00. The summed E-state index contributed by atoms with van der Waals surface area (Å²) in [7, 11) is -0.892. The highest BCUT2D eigenvalue weighted by Crippen LogP contribution is 2.17. The minimum atomic E-state index is -0.892. The minimum Gasteiger partial charge on any atom is -0.337 e. The summed E-state index contributed by atoms with van der Waals surface area (Å²) < 4.78 is 10.9. The molecule has 2 amide bonds. The monoisotopic (exact) mass is 311 g/mol. The highest BCUT2D eigenvalue weighted by molar-refractivity contribution is 7.84. The molecule has 0 aliphatic rings. The fourth-order valence-electron chi connectivity index (χ4n) is 1.85. The predicted octanol–water partition coefficient (Wildman–Crippen LogP) is 2.25. The van der Waals surface area contributed by atoms with Gasteiger partial charge in [0.05, 0.1) is 0 Å². The van der Waals surface area contributed by atoms with Crippen molar-refractivity contribution in [2.75, 3.05) is 30.4 Å². The van der Waals surface area contributed by atoms with Gasteiger partial charge in [-0.1, -0.05) is 19.1 Å². The van der Waals surface area contributed by atoms with E-state index in [-0.39, 0.29) is 12.1 Å². The summed E-state index contributed by atoms with van der Waals surface area (Å²) in [6, 6.07) is 7.76. The summed E-state index contributed by atoms with van der Waals surface area (Å²) in [6.45, 7) is 5.60. The number of urea groups is 1. The van der Waals surface area contributed by atoms with Gasteiger partial charge < -0.3 is 16.0 Å². The Morgan fingerprint density at radius 3 is 2.76 bits per heavy atom. The zero-order valence-corrected chi connectivity index (χ0v) is 13.8. The molecular formula is C15H25N3O2S. The number of hydrogen-bond donors (Lipinski definition) is 3. The molecule has 0 spiro atoms. The Hall–Kier alpha value is -1.40. The summed E-state index contributed by atoms with van der Waals surface area (Å²) in [5.41, 5.74) is 1.89. The fourth-order valence-corrected chi connectivity index (χ4v) is 2.24. The van der Waals surface area contributed by atoms with Crippen LogP contribution in [0.15, 0.2) is 24.3 Å². The predicted molar refractivity (Wildman–Crippen MR) is 89.1 cm³/mol. The molecule has 0 aromatic heterocycles. The molecule has 1 aromatic carbocycles. The maximum atomic E-state index is 11.7. The lowest BCUT2D eigenvalue weighted by Crippen LogP contribution is -2.31. The number of carbonyl (C=O) groups excluding carboxylic acids is 1. The lowest BCUT2D eigenvalue weighted by Gasteiger charge is -2.15. The van der Waals surface area contributed by atoms with Crippen LogP contribution in [0, 0.1) is 0 Å². The molecule has 0 saturated carbocycles. The largest absolute Gasteiger partial charge is 0.337 e. The van der Waals surface area contributed by atoms with Crippen molar-refractivity contribution in [1.82, 2.24) is 10.6 Å².